The Kier molecular flexibility index (Phi) is 4.45. The van der Waals surface area contributed by atoms with Crippen molar-refractivity contribution in [2.24, 2.45) is 0 Å². The Morgan fingerprint density at radius 3 is 2.55 bits per heavy atom. The number of carbonyl (C=O) groups is 1. The highest BCUT2D eigenvalue weighted by Gasteiger charge is 2.25. The van der Waals surface area contributed by atoms with Crippen molar-refractivity contribution in [2.45, 2.75) is 18.9 Å². The molecule has 116 valence electrons. The van der Waals surface area contributed by atoms with Crippen molar-refractivity contribution in [3.63, 3.8) is 0 Å². The first-order chi connectivity index (χ1) is 10.6. The van der Waals surface area contributed by atoms with Gasteiger partial charge in [-0.25, -0.2) is 9.10 Å². The fourth-order valence-electron chi connectivity index (χ4n) is 2.77. The van der Waals surface area contributed by atoms with E-state index in [-0.39, 0.29) is 11.9 Å². The van der Waals surface area contributed by atoms with Gasteiger partial charge < -0.3 is 4.90 Å². The number of hydrogen-bond donors (Lipinski definition) is 0. The molecular weight excluding hydrogens is 300 g/mol. The first-order valence-electron chi connectivity index (χ1n) is 7.43. The molecule has 0 atom stereocenters. The summed E-state index contributed by atoms with van der Waals surface area (Å²) in [4.78, 5) is 14.4. The van der Waals surface area contributed by atoms with E-state index in [4.69, 9.17) is 11.8 Å². The van der Waals surface area contributed by atoms with Gasteiger partial charge in [-0.2, -0.15) is 5.10 Å². The third-order valence-corrected chi connectivity index (χ3v) is 4.50. The molecule has 0 spiro atoms. The topological polar surface area (TPSA) is 41.4 Å². The lowest BCUT2D eigenvalue weighted by molar-refractivity contribution is 0.0682. The van der Waals surface area contributed by atoms with Crippen LogP contribution in [0.2, 0.25) is 0 Å². The smallest absolute Gasteiger partial charge is 0.253 e. The molecule has 2 aromatic rings. The normalized spacial score (nSPS) is 16.6. The van der Waals surface area contributed by atoms with Crippen LogP contribution < -0.4 is 0 Å². The summed E-state index contributed by atoms with van der Waals surface area (Å²) in [6, 6.07) is 9.66. The Bertz CT molecular complexity index is 618. The molecular formula is C16H19ClN4O. The lowest BCUT2D eigenvalue weighted by Crippen LogP contribution is -2.43. The largest absolute Gasteiger partial charge is 0.339 e. The molecule has 0 unspecified atom stereocenters. The molecule has 1 aliphatic rings. The van der Waals surface area contributed by atoms with E-state index in [0.717, 1.165) is 31.6 Å². The van der Waals surface area contributed by atoms with Gasteiger partial charge in [0.2, 0.25) is 0 Å². The van der Waals surface area contributed by atoms with E-state index in [1.165, 1.54) is 0 Å². The van der Waals surface area contributed by atoms with Gasteiger partial charge in [-0.15, -0.1) is 0 Å². The first kappa shape index (κ1) is 15.1. The fourth-order valence-corrected chi connectivity index (χ4v) is 2.96. The van der Waals surface area contributed by atoms with E-state index in [0.29, 0.717) is 5.56 Å². The zero-order chi connectivity index (χ0) is 15.5. The van der Waals surface area contributed by atoms with Crippen molar-refractivity contribution in [1.29, 1.82) is 0 Å². The molecule has 0 aliphatic carbocycles. The van der Waals surface area contributed by atoms with E-state index in [9.17, 15) is 4.79 Å². The summed E-state index contributed by atoms with van der Waals surface area (Å²) >= 11 is 5.97. The number of hydrogen-bond acceptors (Lipinski definition) is 3. The summed E-state index contributed by atoms with van der Waals surface area (Å²) in [6.07, 6.45) is 5.44. The standard InChI is InChI=1S/C16H19ClN4O/c1-19(14-7-11-20(17)12-8-14)16(22)13-3-5-15(6-4-13)21-10-2-9-18-21/h2-6,9-10,14H,7-8,11-12H2,1H3. The van der Waals surface area contributed by atoms with Gasteiger partial charge in [0.1, 0.15) is 0 Å². The Hall–Kier alpha value is -1.85. The van der Waals surface area contributed by atoms with Gasteiger partial charge in [-0.3, -0.25) is 4.79 Å². The number of benzene rings is 1. The molecule has 2 heterocycles. The van der Waals surface area contributed by atoms with Crippen molar-refractivity contribution in [3.05, 3.63) is 48.3 Å². The van der Waals surface area contributed by atoms with E-state index >= 15 is 0 Å². The lowest BCUT2D eigenvalue weighted by atomic mass is 10.0. The molecule has 0 saturated carbocycles. The first-order valence-corrected chi connectivity index (χ1v) is 7.77. The van der Waals surface area contributed by atoms with Crippen LogP contribution in [0.5, 0.6) is 0 Å². The zero-order valence-electron chi connectivity index (χ0n) is 12.5. The van der Waals surface area contributed by atoms with Gasteiger partial charge in [-0.1, -0.05) is 0 Å². The number of nitrogens with zero attached hydrogens (tertiary/aromatic N) is 4. The van der Waals surface area contributed by atoms with Gasteiger partial charge in [0, 0.05) is 44.1 Å². The number of aromatic nitrogens is 2. The number of amides is 1. The number of carbonyl (C=O) groups excluding carboxylic acids is 1. The molecule has 1 aliphatic heterocycles. The molecule has 1 saturated heterocycles. The third-order valence-electron chi connectivity index (χ3n) is 4.16. The van der Waals surface area contributed by atoms with Crippen LogP contribution in [-0.4, -0.2) is 51.2 Å². The second-order valence-corrected chi connectivity index (χ2v) is 6.03. The predicted molar refractivity (Wildman–Crippen MR) is 86.1 cm³/mol. The van der Waals surface area contributed by atoms with Crippen LogP contribution in [0.1, 0.15) is 23.2 Å². The van der Waals surface area contributed by atoms with Crippen LogP contribution in [-0.2, 0) is 0 Å². The second-order valence-electron chi connectivity index (χ2n) is 5.55. The Morgan fingerprint density at radius 1 is 1.27 bits per heavy atom. The van der Waals surface area contributed by atoms with Crippen molar-refractivity contribution in [2.75, 3.05) is 20.1 Å². The summed E-state index contributed by atoms with van der Waals surface area (Å²) in [7, 11) is 1.87. The Morgan fingerprint density at radius 2 is 1.95 bits per heavy atom. The summed E-state index contributed by atoms with van der Waals surface area (Å²) in [5.41, 5.74) is 1.64. The minimum absolute atomic E-state index is 0.0556. The Balaban J connectivity index is 1.69. The maximum Gasteiger partial charge on any atom is 0.253 e. The third kappa shape index (κ3) is 3.15. The van der Waals surface area contributed by atoms with E-state index in [1.54, 1.807) is 15.3 Å². The molecule has 1 fully saturated rings. The maximum absolute atomic E-state index is 12.6. The monoisotopic (exact) mass is 318 g/mol. The molecule has 0 radical (unpaired) electrons. The minimum atomic E-state index is 0.0556. The summed E-state index contributed by atoms with van der Waals surface area (Å²) in [6.45, 7) is 1.64. The molecule has 1 aromatic carbocycles. The van der Waals surface area contributed by atoms with E-state index in [2.05, 4.69) is 5.10 Å². The lowest BCUT2D eigenvalue weighted by Gasteiger charge is -2.34. The van der Waals surface area contributed by atoms with Crippen molar-refractivity contribution >= 4 is 17.7 Å². The van der Waals surface area contributed by atoms with Gasteiger partial charge in [-0.05, 0) is 55.0 Å². The van der Waals surface area contributed by atoms with Crippen molar-refractivity contribution in [1.82, 2.24) is 19.1 Å². The van der Waals surface area contributed by atoms with E-state index in [1.807, 2.05) is 48.5 Å². The van der Waals surface area contributed by atoms with Crippen LogP contribution in [0, 0.1) is 0 Å². The molecule has 0 bridgehead atoms. The number of rotatable bonds is 3. The molecule has 1 amide bonds. The highest BCUT2D eigenvalue weighted by Crippen LogP contribution is 2.19. The van der Waals surface area contributed by atoms with Gasteiger partial charge in [0.15, 0.2) is 0 Å². The van der Waals surface area contributed by atoms with Gasteiger partial charge in [0.05, 0.1) is 5.69 Å². The number of piperidine rings is 1. The molecule has 6 heteroatoms. The Labute approximate surface area is 135 Å². The quantitative estimate of drug-likeness (QED) is 0.817. The van der Waals surface area contributed by atoms with Crippen LogP contribution in [0.4, 0.5) is 0 Å². The van der Waals surface area contributed by atoms with Gasteiger partial charge >= 0.3 is 0 Å². The maximum atomic E-state index is 12.6. The zero-order valence-corrected chi connectivity index (χ0v) is 13.3. The molecule has 3 rings (SSSR count). The van der Waals surface area contributed by atoms with Gasteiger partial charge in [0.25, 0.3) is 5.91 Å². The van der Waals surface area contributed by atoms with E-state index < -0.39 is 0 Å². The van der Waals surface area contributed by atoms with Crippen LogP contribution >= 0.6 is 11.8 Å². The summed E-state index contributed by atoms with van der Waals surface area (Å²) in [5, 5.41) is 4.18. The van der Waals surface area contributed by atoms with Crippen LogP contribution in [0.25, 0.3) is 5.69 Å². The van der Waals surface area contributed by atoms with Crippen LogP contribution in [0.15, 0.2) is 42.7 Å². The van der Waals surface area contributed by atoms with Crippen molar-refractivity contribution in [3.8, 4) is 5.69 Å². The SMILES string of the molecule is CN(C(=O)c1ccc(-n2cccn2)cc1)C1CCN(Cl)CC1. The minimum Gasteiger partial charge on any atom is -0.339 e. The molecule has 1 aromatic heterocycles. The summed E-state index contributed by atoms with van der Waals surface area (Å²) in [5.74, 6) is 0.0556. The molecule has 22 heavy (non-hydrogen) atoms. The highest BCUT2D eigenvalue weighted by atomic mass is 35.5. The predicted octanol–water partition coefficient (Wildman–Crippen LogP) is 2.56. The highest BCUT2D eigenvalue weighted by molar-refractivity contribution is 6.13. The average molecular weight is 319 g/mol. The number of halogens is 1. The fraction of sp³-hybridized carbons (Fsp3) is 0.375. The van der Waals surface area contributed by atoms with Crippen molar-refractivity contribution < 1.29 is 4.79 Å². The second kappa shape index (κ2) is 6.50. The molecule has 5 nitrogen and oxygen atoms in total. The van der Waals surface area contributed by atoms with Crippen LogP contribution in [0.3, 0.4) is 0 Å². The average Bonchev–Trinajstić information content (AvgIpc) is 3.09. The molecule has 0 N–H and O–H groups in total. The summed E-state index contributed by atoms with van der Waals surface area (Å²) < 4.78 is 3.56.